The largest absolute Gasteiger partial charge is 0.314 e. The van der Waals surface area contributed by atoms with Crippen molar-refractivity contribution < 1.29 is 8.78 Å². The number of likely N-dealkylation sites (N-methyl/N-ethyl adjacent to an activating group) is 1. The predicted molar refractivity (Wildman–Crippen MR) is 76.3 cm³/mol. The van der Waals surface area contributed by atoms with Gasteiger partial charge in [0.2, 0.25) is 0 Å². The normalized spacial score (nSPS) is 12.6. The summed E-state index contributed by atoms with van der Waals surface area (Å²) in [5.74, 6) is -0.671. The van der Waals surface area contributed by atoms with Gasteiger partial charge in [-0.25, -0.2) is 8.78 Å². The maximum absolute atomic E-state index is 13.6. The van der Waals surface area contributed by atoms with Crippen molar-refractivity contribution in [3.8, 4) is 0 Å². The number of hydrogen-bond donors (Lipinski definition) is 1. The first-order valence-electron chi connectivity index (χ1n) is 7.34. The van der Waals surface area contributed by atoms with Gasteiger partial charge in [0.05, 0.1) is 0 Å². The fourth-order valence-electron chi connectivity index (χ4n) is 2.35. The van der Waals surface area contributed by atoms with E-state index in [1.54, 1.807) is 0 Å². The Morgan fingerprint density at radius 1 is 1.11 bits per heavy atom. The lowest BCUT2D eigenvalue weighted by Crippen LogP contribution is -2.31. The second-order valence-corrected chi connectivity index (χ2v) is 5.04. The van der Waals surface area contributed by atoms with Gasteiger partial charge in [-0.3, -0.25) is 0 Å². The first kappa shape index (κ1) is 16.1. The first-order chi connectivity index (χ1) is 9.17. The van der Waals surface area contributed by atoms with Crippen molar-refractivity contribution in [3.05, 3.63) is 35.4 Å². The van der Waals surface area contributed by atoms with Gasteiger partial charge in [0, 0.05) is 6.04 Å². The molecule has 0 aliphatic heterocycles. The van der Waals surface area contributed by atoms with Gasteiger partial charge in [0.1, 0.15) is 11.6 Å². The molecule has 0 radical (unpaired) electrons. The minimum atomic E-state index is -0.363. The van der Waals surface area contributed by atoms with E-state index >= 15 is 0 Å². The van der Waals surface area contributed by atoms with E-state index in [1.807, 2.05) is 6.92 Å². The van der Waals surface area contributed by atoms with Crippen LogP contribution in [0.5, 0.6) is 0 Å². The van der Waals surface area contributed by atoms with Gasteiger partial charge >= 0.3 is 0 Å². The molecule has 108 valence electrons. The number of halogens is 2. The second kappa shape index (κ2) is 9.03. The van der Waals surface area contributed by atoms with Crippen LogP contribution in [0.4, 0.5) is 8.78 Å². The van der Waals surface area contributed by atoms with Crippen molar-refractivity contribution >= 4 is 0 Å². The number of rotatable bonds is 9. The van der Waals surface area contributed by atoms with E-state index in [2.05, 4.69) is 12.2 Å². The van der Waals surface area contributed by atoms with Gasteiger partial charge in [0.25, 0.3) is 0 Å². The van der Waals surface area contributed by atoms with Gasteiger partial charge < -0.3 is 5.32 Å². The highest BCUT2D eigenvalue weighted by Gasteiger charge is 2.12. The maximum atomic E-state index is 13.6. The molecule has 1 nitrogen and oxygen atoms in total. The van der Waals surface area contributed by atoms with E-state index in [0.717, 1.165) is 19.4 Å². The van der Waals surface area contributed by atoms with Gasteiger partial charge in [-0.05, 0) is 43.1 Å². The van der Waals surface area contributed by atoms with Crippen LogP contribution in [-0.2, 0) is 6.42 Å². The van der Waals surface area contributed by atoms with Crippen molar-refractivity contribution in [1.82, 2.24) is 5.32 Å². The molecule has 0 bridgehead atoms. The Kier molecular flexibility index (Phi) is 7.65. The molecule has 0 saturated heterocycles. The van der Waals surface area contributed by atoms with Crippen molar-refractivity contribution in [2.75, 3.05) is 6.54 Å². The van der Waals surface area contributed by atoms with Gasteiger partial charge in [-0.15, -0.1) is 0 Å². The highest BCUT2D eigenvalue weighted by molar-refractivity contribution is 5.19. The van der Waals surface area contributed by atoms with Crippen molar-refractivity contribution in [2.45, 2.75) is 58.4 Å². The lowest BCUT2D eigenvalue weighted by Gasteiger charge is -2.18. The molecule has 0 aliphatic rings. The van der Waals surface area contributed by atoms with Crippen LogP contribution < -0.4 is 5.32 Å². The average Bonchev–Trinajstić information content (AvgIpc) is 2.39. The molecule has 1 aromatic rings. The Bertz CT molecular complexity index is 366. The molecule has 0 aromatic heterocycles. The molecule has 0 spiro atoms. The fourth-order valence-corrected chi connectivity index (χ4v) is 2.35. The van der Waals surface area contributed by atoms with Crippen LogP contribution in [0.15, 0.2) is 18.2 Å². The highest BCUT2D eigenvalue weighted by Crippen LogP contribution is 2.15. The smallest absolute Gasteiger partial charge is 0.126 e. The highest BCUT2D eigenvalue weighted by atomic mass is 19.1. The molecule has 1 N–H and O–H groups in total. The minimum Gasteiger partial charge on any atom is -0.314 e. The first-order valence-corrected chi connectivity index (χ1v) is 7.34. The standard InChI is InChI=1S/C16H25F2N/c1-3-5-6-7-8-15(19-4-2)12-13-11-14(17)9-10-16(13)18/h9-11,15,19H,3-8,12H2,1-2H3. The van der Waals surface area contributed by atoms with Crippen molar-refractivity contribution in [3.63, 3.8) is 0 Å². The maximum Gasteiger partial charge on any atom is 0.126 e. The number of unbranched alkanes of at least 4 members (excludes halogenated alkanes) is 3. The van der Waals surface area contributed by atoms with Crippen LogP contribution in [0.3, 0.4) is 0 Å². The monoisotopic (exact) mass is 269 g/mol. The van der Waals surface area contributed by atoms with E-state index in [1.165, 1.54) is 37.5 Å². The van der Waals surface area contributed by atoms with Gasteiger partial charge in [0.15, 0.2) is 0 Å². The Morgan fingerprint density at radius 3 is 2.58 bits per heavy atom. The molecule has 0 heterocycles. The zero-order valence-corrected chi connectivity index (χ0v) is 12.0. The van der Waals surface area contributed by atoms with Gasteiger partial charge in [-0.1, -0.05) is 39.5 Å². The van der Waals surface area contributed by atoms with Crippen LogP contribution in [0.1, 0.15) is 51.5 Å². The lowest BCUT2D eigenvalue weighted by molar-refractivity contribution is 0.454. The molecule has 1 rings (SSSR count). The molecule has 19 heavy (non-hydrogen) atoms. The lowest BCUT2D eigenvalue weighted by atomic mass is 9.99. The summed E-state index contributed by atoms with van der Waals surface area (Å²) in [6.45, 7) is 5.08. The summed E-state index contributed by atoms with van der Waals surface area (Å²) < 4.78 is 26.8. The molecule has 0 fully saturated rings. The summed E-state index contributed by atoms with van der Waals surface area (Å²) in [5.41, 5.74) is 0.474. The van der Waals surface area contributed by atoms with Crippen LogP contribution in [0, 0.1) is 11.6 Å². The van der Waals surface area contributed by atoms with Crippen LogP contribution in [-0.4, -0.2) is 12.6 Å². The van der Waals surface area contributed by atoms with E-state index in [-0.39, 0.29) is 17.7 Å². The molecule has 0 saturated carbocycles. The van der Waals surface area contributed by atoms with Crippen LogP contribution in [0.25, 0.3) is 0 Å². The number of benzene rings is 1. The van der Waals surface area contributed by atoms with E-state index in [4.69, 9.17) is 0 Å². The second-order valence-electron chi connectivity index (χ2n) is 5.04. The van der Waals surface area contributed by atoms with E-state index < -0.39 is 0 Å². The number of hydrogen-bond acceptors (Lipinski definition) is 1. The van der Waals surface area contributed by atoms with E-state index in [9.17, 15) is 8.78 Å². The van der Waals surface area contributed by atoms with Crippen molar-refractivity contribution in [1.29, 1.82) is 0 Å². The van der Waals surface area contributed by atoms with Crippen LogP contribution >= 0.6 is 0 Å². The molecule has 3 heteroatoms. The Morgan fingerprint density at radius 2 is 1.89 bits per heavy atom. The van der Waals surface area contributed by atoms with E-state index in [0.29, 0.717) is 12.0 Å². The summed E-state index contributed by atoms with van der Waals surface area (Å²) >= 11 is 0. The fraction of sp³-hybridized carbons (Fsp3) is 0.625. The summed E-state index contributed by atoms with van der Waals surface area (Å²) in [5, 5.41) is 3.37. The third kappa shape index (κ3) is 6.15. The number of nitrogens with one attached hydrogen (secondary N) is 1. The van der Waals surface area contributed by atoms with Crippen molar-refractivity contribution in [2.24, 2.45) is 0 Å². The van der Waals surface area contributed by atoms with Crippen LogP contribution in [0.2, 0.25) is 0 Å². The Labute approximate surface area is 115 Å². The molecule has 0 aliphatic carbocycles. The zero-order valence-electron chi connectivity index (χ0n) is 12.0. The predicted octanol–water partition coefficient (Wildman–Crippen LogP) is 4.46. The third-order valence-corrected chi connectivity index (χ3v) is 3.37. The third-order valence-electron chi connectivity index (χ3n) is 3.37. The van der Waals surface area contributed by atoms with Gasteiger partial charge in [-0.2, -0.15) is 0 Å². The minimum absolute atomic E-state index is 0.234. The zero-order chi connectivity index (χ0) is 14.1. The summed E-state index contributed by atoms with van der Waals surface area (Å²) in [7, 11) is 0. The molecule has 1 aromatic carbocycles. The SMILES string of the molecule is CCCCCCC(Cc1cc(F)ccc1F)NCC. The quantitative estimate of drug-likeness (QED) is 0.653. The molecule has 1 unspecified atom stereocenters. The average molecular weight is 269 g/mol. The molecule has 1 atom stereocenters. The molecular weight excluding hydrogens is 244 g/mol. The summed E-state index contributed by atoms with van der Waals surface area (Å²) in [6.07, 6.45) is 6.39. The summed E-state index contributed by atoms with van der Waals surface area (Å²) in [4.78, 5) is 0. The summed E-state index contributed by atoms with van der Waals surface area (Å²) in [6, 6.07) is 3.93. The Balaban J connectivity index is 2.54. The Hall–Kier alpha value is -0.960. The molecular formula is C16H25F2N. The molecule has 0 amide bonds. The topological polar surface area (TPSA) is 12.0 Å².